The van der Waals surface area contributed by atoms with Gasteiger partial charge in [0.1, 0.15) is 24.4 Å². The van der Waals surface area contributed by atoms with Crippen LogP contribution in [0.15, 0.2) is 0 Å². The first kappa shape index (κ1) is 39.5. The molecular formula is C11H22N2O10S11. The molecular weight excluding hydrogens is 673 g/mol. The summed E-state index contributed by atoms with van der Waals surface area (Å²) >= 11 is 17.9. The fourth-order valence-corrected chi connectivity index (χ4v) is 9.84. The van der Waals surface area contributed by atoms with Gasteiger partial charge in [-0.05, 0) is 13.8 Å². The highest BCUT2D eigenvalue weighted by Gasteiger charge is 2.38. The molecule has 1 aliphatic rings. The zero-order valence-corrected chi connectivity index (χ0v) is 26.2. The van der Waals surface area contributed by atoms with E-state index >= 15 is 0 Å². The fourth-order valence-electron chi connectivity index (χ4n) is 1.61. The topological polar surface area (TPSA) is 186 Å². The summed E-state index contributed by atoms with van der Waals surface area (Å²) in [5.74, 6) is -0.748. The molecule has 1 fully saturated rings. The number of hydrogen-bond acceptors (Lipinski definition) is 14. The molecule has 0 spiro atoms. The standard InChI is InChI=1S/C7H13NO5.C4H9NO5.S6.S5/c1-7(2)12-4-6(13-7)5(9)3-8(10)11;6-2-4(8)3(7)1-5(9)10;1-3-5-6-4-2;1-3-5-4-2/h5-6,9H,3-4H2,1-2H3;3-4,6-8H,1-2H2;;/t5-,6-;3-,4-;;/m11../s1. The Balaban J connectivity index is -0.000000406. The van der Waals surface area contributed by atoms with Crippen molar-refractivity contribution in [2.75, 3.05) is 26.3 Å². The van der Waals surface area contributed by atoms with Gasteiger partial charge in [-0.25, -0.2) is 0 Å². The average molecular weight is 695 g/mol. The first-order valence-electron chi connectivity index (χ1n) is 8.19. The number of aliphatic hydroxyl groups is 4. The van der Waals surface area contributed by atoms with Crippen LogP contribution in [0, 0.1) is 20.2 Å². The molecule has 12 nitrogen and oxygen atoms in total. The summed E-state index contributed by atoms with van der Waals surface area (Å²) in [6, 6.07) is 0. The van der Waals surface area contributed by atoms with Gasteiger partial charge in [-0.2, -0.15) is 0 Å². The second-order valence-electron chi connectivity index (χ2n) is 5.76. The molecule has 0 aliphatic carbocycles. The molecule has 1 aliphatic heterocycles. The van der Waals surface area contributed by atoms with Crippen LogP contribution in [0.1, 0.15) is 13.8 Å². The van der Waals surface area contributed by atoms with E-state index < -0.39 is 59.7 Å². The average Bonchev–Trinajstić information content (AvgIpc) is 3.12. The molecule has 0 amide bonds. The van der Waals surface area contributed by atoms with E-state index in [2.05, 4.69) is 44.8 Å². The van der Waals surface area contributed by atoms with Crippen molar-refractivity contribution >= 4 is 107 Å². The molecule has 0 aromatic carbocycles. The predicted molar refractivity (Wildman–Crippen MR) is 155 cm³/mol. The number of nitrogens with zero attached hydrogens (tertiary/aromatic N) is 2. The molecule has 4 atom stereocenters. The smallest absolute Gasteiger partial charge is 0.232 e. The van der Waals surface area contributed by atoms with E-state index in [1.54, 1.807) is 13.8 Å². The lowest BCUT2D eigenvalue weighted by Crippen LogP contribution is -2.35. The Bertz CT molecular complexity index is 865. The van der Waals surface area contributed by atoms with Crippen molar-refractivity contribution in [3.05, 3.63) is 20.2 Å². The number of rotatable bonds is 7. The van der Waals surface area contributed by atoms with Gasteiger partial charge in [0.2, 0.25) is 13.1 Å². The van der Waals surface area contributed by atoms with Crippen molar-refractivity contribution in [2.45, 2.75) is 44.1 Å². The maximum atomic E-state index is 10.1. The molecule has 0 radical (unpaired) electrons. The Morgan fingerprint density at radius 1 is 0.912 bits per heavy atom. The summed E-state index contributed by atoms with van der Waals surface area (Å²) in [6.07, 6.45) is -4.61. The van der Waals surface area contributed by atoms with Crippen molar-refractivity contribution < 1.29 is 39.7 Å². The van der Waals surface area contributed by atoms with Crippen molar-refractivity contribution in [1.82, 2.24) is 0 Å². The van der Waals surface area contributed by atoms with E-state index in [1.165, 1.54) is 62.2 Å². The van der Waals surface area contributed by atoms with Crippen LogP contribution in [0.25, 0.3) is 0 Å². The predicted octanol–water partition coefficient (Wildman–Crippen LogP) is -2.27. The number of nitro groups is 2. The Morgan fingerprint density at radius 3 is 1.62 bits per heavy atom. The highest BCUT2D eigenvalue weighted by Crippen LogP contribution is 2.24. The van der Waals surface area contributed by atoms with E-state index in [-0.39, 0.29) is 6.61 Å². The van der Waals surface area contributed by atoms with Gasteiger partial charge in [-0.3, -0.25) is 20.2 Å². The molecule has 34 heavy (non-hydrogen) atoms. The Morgan fingerprint density at radius 2 is 1.35 bits per heavy atom. The molecule has 0 aromatic rings. The molecule has 0 aromatic heterocycles. The molecule has 202 valence electrons. The van der Waals surface area contributed by atoms with Crippen LogP contribution in [0.3, 0.4) is 0 Å². The third-order valence-corrected chi connectivity index (χ3v) is 14.0. The number of ether oxygens (including phenoxy) is 2. The summed E-state index contributed by atoms with van der Waals surface area (Å²) in [5.41, 5.74) is 0. The molecule has 1 heterocycles. The Hall–Kier alpha value is 0.980. The quantitative estimate of drug-likeness (QED) is 0.165. The van der Waals surface area contributed by atoms with Crippen LogP contribution in [-0.4, -0.2) is 86.8 Å². The fraction of sp³-hybridized carbons (Fsp3) is 1.00. The van der Waals surface area contributed by atoms with Gasteiger partial charge in [0.25, 0.3) is 0 Å². The first-order valence-corrected chi connectivity index (χ1v) is 20.2. The van der Waals surface area contributed by atoms with E-state index in [4.69, 9.17) is 24.8 Å². The largest absolute Gasteiger partial charge is 0.394 e. The van der Waals surface area contributed by atoms with E-state index in [0.717, 1.165) is 0 Å². The third kappa shape index (κ3) is 27.6. The second-order valence-corrected chi connectivity index (χ2v) is 18.1. The van der Waals surface area contributed by atoms with Crippen LogP contribution in [-0.2, 0) is 116 Å². The van der Waals surface area contributed by atoms with Crippen molar-refractivity contribution in [3.63, 3.8) is 0 Å². The maximum Gasteiger partial charge on any atom is 0.232 e. The van der Waals surface area contributed by atoms with Gasteiger partial charge >= 0.3 is 0 Å². The first-order chi connectivity index (χ1) is 15.8. The summed E-state index contributed by atoms with van der Waals surface area (Å²) in [6.45, 7) is 1.67. The van der Waals surface area contributed by atoms with Crippen LogP contribution in [0.2, 0.25) is 0 Å². The lowest BCUT2D eigenvalue weighted by molar-refractivity contribution is -0.493. The lowest BCUT2D eigenvalue weighted by atomic mass is 10.2. The van der Waals surface area contributed by atoms with Gasteiger partial charge in [0, 0.05) is 117 Å². The van der Waals surface area contributed by atoms with Crippen LogP contribution < -0.4 is 0 Å². The molecule has 1 saturated heterocycles. The van der Waals surface area contributed by atoms with Gasteiger partial charge in [-0.1, -0.05) is 0 Å². The summed E-state index contributed by atoms with van der Waals surface area (Å²) in [7, 11) is 9.58. The molecule has 23 heteroatoms. The lowest BCUT2D eigenvalue weighted by Gasteiger charge is -2.18. The SMILES string of the molecule is CC1(C)OC[C@H]([C@H](O)C[N+](=O)[O-])O1.O=[N+]([O-])C[C@@H](O)[C@H](O)CO.S=S=S=S=S.S=S=S=S=S=S. The van der Waals surface area contributed by atoms with E-state index in [1.807, 2.05) is 0 Å². The van der Waals surface area contributed by atoms with Gasteiger partial charge in [0.05, 0.1) is 13.2 Å². The monoisotopic (exact) mass is 694 g/mol. The highest BCUT2D eigenvalue weighted by atomic mass is 33.3. The van der Waals surface area contributed by atoms with Crippen LogP contribution >= 0.6 is 0 Å². The summed E-state index contributed by atoms with van der Waals surface area (Å²) < 4.78 is 10.4. The van der Waals surface area contributed by atoms with Gasteiger partial charge in [0.15, 0.2) is 5.79 Å². The molecule has 0 saturated carbocycles. The van der Waals surface area contributed by atoms with Crippen molar-refractivity contribution in [3.8, 4) is 0 Å². The van der Waals surface area contributed by atoms with Crippen molar-refractivity contribution in [2.24, 2.45) is 0 Å². The minimum absolute atomic E-state index is 0.196. The van der Waals surface area contributed by atoms with Crippen molar-refractivity contribution in [1.29, 1.82) is 0 Å². The number of hydrogen-bond donors (Lipinski definition) is 4. The van der Waals surface area contributed by atoms with Crippen LogP contribution in [0.4, 0.5) is 0 Å². The minimum atomic E-state index is -1.49. The third-order valence-electron chi connectivity index (χ3n) is 2.90. The van der Waals surface area contributed by atoms with Gasteiger partial charge in [-0.15, -0.1) is 0 Å². The molecule has 0 unspecified atom stereocenters. The summed E-state index contributed by atoms with van der Waals surface area (Å²) in [4.78, 5) is 18.4. The van der Waals surface area contributed by atoms with Crippen LogP contribution in [0.5, 0.6) is 0 Å². The van der Waals surface area contributed by atoms with E-state index in [0.29, 0.717) is 0 Å². The molecule has 1 rings (SSSR count). The number of aliphatic hydroxyl groups excluding tert-OH is 4. The minimum Gasteiger partial charge on any atom is -0.394 e. The highest BCUT2D eigenvalue weighted by molar-refractivity contribution is 8.64. The normalized spacial score (nSPS) is 17.6. The summed E-state index contributed by atoms with van der Waals surface area (Å²) in [5, 5.41) is 54.5. The molecule has 4 N–H and O–H groups in total. The second kappa shape index (κ2) is 25.6. The van der Waals surface area contributed by atoms with E-state index in [9.17, 15) is 25.3 Å². The zero-order valence-electron chi connectivity index (χ0n) is 17.3. The maximum absolute atomic E-state index is 10.1. The molecule has 0 bridgehead atoms. The zero-order chi connectivity index (χ0) is 27.2. The Labute approximate surface area is 235 Å². The van der Waals surface area contributed by atoms with Gasteiger partial charge < -0.3 is 29.9 Å². The Kier molecular flexibility index (Phi) is 29.8.